The maximum absolute atomic E-state index is 11.6. The average Bonchev–Trinajstić information content (AvgIpc) is 2.42. The van der Waals surface area contributed by atoms with E-state index in [0.29, 0.717) is 18.0 Å². The molecular weight excluding hydrogens is 250 g/mol. The molecule has 1 rings (SSSR count). The van der Waals surface area contributed by atoms with Crippen molar-refractivity contribution in [2.75, 3.05) is 25.6 Å². The molecule has 0 aliphatic carbocycles. The van der Waals surface area contributed by atoms with Crippen LogP contribution in [-0.2, 0) is 4.74 Å². The molecule has 0 amide bonds. The SMILES string of the molecule is CCCOc1ccc(C(=O)OCC(O)CO)cc1N. The molecule has 1 atom stereocenters. The Morgan fingerprint density at radius 3 is 2.79 bits per heavy atom. The first-order chi connectivity index (χ1) is 9.08. The van der Waals surface area contributed by atoms with Gasteiger partial charge >= 0.3 is 5.97 Å². The van der Waals surface area contributed by atoms with Gasteiger partial charge < -0.3 is 25.4 Å². The number of nitrogen functional groups attached to an aromatic ring is 1. The van der Waals surface area contributed by atoms with Crippen LogP contribution >= 0.6 is 0 Å². The molecule has 1 aromatic carbocycles. The van der Waals surface area contributed by atoms with Gasteiger partial charge in [-0.25, -0.2) is 4.79 Å². The predicted molar refractivity (Wildman–Crippen MR) is 70.0 cm³/mol. The topological polar surface area (TPSA) is 102 Å². The van der Waals surface area contributed by atoms with Crippen LogP contribution in [0.5, 0.6) is 5.75 Å². The number of anilines is 1. The third-order valence-electron chi connectivity index (χ3n) is 2.32. The molecule has 0 radical (unpaired) electrons. The predicted octanol–water partition coefficient (Wildman–Crippen LogP) is 0.568. The number of carbonyl (C=O) groups excluding carboxylic acids is 1. The molecule has 1 aromatic rings. The number of esters is 1. The summed E-state index contributed by atoms with van der Waals surface area (Å²) in [5.41, 5.74) is 6.38. The van der Waals surface area contributed by atoms with Crippen LogP contribution in [0.1, 0.15) is 23.7 Å². The summed E-state index contributed by atoms with van der Waals surface area (Å²) in [6.07, 6.45) is -0.212. The van der Waals surface area contributed by atoms with Crippen molar-refractivity contribution in [2.24, 2.45) is 0 Å². The number of ether oxygens (including phenoxy) is 2. The van der Waals surface area contributed by atoms with Crippen molar-refractivity contribution < 1.29 is 24.5 Å². The Hall–Kier alpha value is -1.79. The Kier molecular flexibility index (Phi) is 6.11. The number of hydrogen-bond donors (Lipinski definition) is 3. The fourth-order valence-electron chi connectivity index (χ4n) is 1.33. The van der Waals surface area contributed by atoms with Gasteiger partial charge in [-0.05, 0) is 24.6 Å². The summed E-state index contributed by atoms with van der Waals surface area (Å²) in [7, 11) is 0. The molecule has 0 spiro atoms. The normalized spacial score (nSPS) is 11.9. The van der Waals surface area contributed by atoms with E-state index < -0.39 is 18.7 Å². The van der Waals surface area contributed by atoms with Crippen LogP contribution in [0.25, 0.3) is 0 Å². The molecular formula is C13H19NO5. The lowest BCUT2D eigenvalue weighted by Crippen LogP contribution is -2.22. The Morgan fingerprint density at radius 2 is 2.21 bits per heavy atom. The molecule has 6 heteroatoms. The fourth-order valence-corrected chi connectivity index (χ4v) is 1.33. The summed E-state index contributed by atoms with van der Waals surface area (Å²) < 4.78 is 10.2. The van der Waals surface area contributed by atoms with Gasteiger partial charge in [-0.1, -0.05) is 6.92 Å². The summed E-state index contributed by atoms with van der Waals surface area (Å²) in [6, 6.07) is 4.59. The highest BCUT2D eigenvalue weighted by Crippen LogP contribution is 2.23. The molecule has 0 heterocycles. The van der Waals surface area contributed by atoms with Crippen molar-refractivity contribution in [1.29, 1.82) is 0 Å². The first-order valence-electron chi connectivity index (χ1n) is 6.06. The molecule has 4 N–H and O–H groups in total. The molecule has 0 aliphatic heterocycles. The van der Waals surface area contributed by atoms with Crippen LogP contribution in [0.15, 0.2) is 18.2 Å². The van der Waals surface area contributed by atoms with Crippen molar-refractivity contribution in [1.82, 2.24) is 0 Å². The smallest absolute Gasteiger partial charge is 0.338 e. The zero-order valence-electron chi connectivity index (χ0n) is 10.8. The molecule has 0 saturated carbocycles. The number of benzene rings is 1. The summed E-state index contributed by atoms with van der Waals surface area (Å²) >= 11 is 0. The molecule has 106 valence electrons. The van der Waals surface area contributed by atoms with E-state index in [1.165, 1.54) is 12.1 Å². The molecule has 6 nitrogen and oxygen atoms in total. The molecule has 0 bridgehead atoms. The van der Waals surface area contributed by atoms with Crippen molar-refractivity contribution in [2.45, 2.75) is 19.4 Å². The molecule has 0 saturated heterocycles. The van der Waals surface area contributed by atoms with Gasteiger partial charge in [0.15, 0.2) is 0 Å². The maximum atomic E-state index is 11.6. The van der Waals surface area contributed by atoms with Crippen molar-refractivity contribution >= 4 is 11.7 Å². The third-order valence-corrected chi connectivity index (χ3v) is 2.32. The second-order valence-corrected chi connectivity index (χ2v) is 4.04. The zero-order chi connectivity index (χ0) is 14.3. The van der Waals surface area contributed by atoms with E-state index in [4.69, 9.17) is 25.4 Å². The van der Waals surface area contributed by atoms with Crippen LogP contribution in [0.4, 0.5) is 5.69 Å². The standard InChI is InChI=1S/C13H19NO5/c1-2-5-18-12-4-3-9(6-11(12)14)13(17)19-8-10(16)7-15/h3-4,6,10,15-16H,2,5,7-8,14H2,1H3. The minimum absolute atomic E-state index is 0.261. The van der Waals surface area contributed by atoms with E-state index in [9.17, 15) is 4.79 Å². The molecule has 1 unspecified atom stereocenters. The first kappa shape index (κ1) is 15.3. The minimum atomic E-state index is -1.08. The van der Waals surface area contributed by atoms with Crippen LogP contribution in [0.3, 0.4) is 0 Å². The van der Waals surface area contributed by atoms with Gasteiger partial charge in [0.25, 0.3) is 0 Å². The lowest BCUT2D eigenvalue weighted by atomic mass is 10.2. The summed E-state index contributed by atoms with van der Waals surface area (Å²) in [6.45, 7) is 1.81. The monoisotopic (exact) mass is 269 g/mol. The second-order valence-electron chi connectivity index (χ2n) is 4.04. The number of nitrogens with two attached hydrogens (primary N) is 1. The Morgan fingerprint density at radius 1 is 1.47 bits per heavy atom. The number of aliphatic hydroxyl groups is 2. The summed E-state index contributed by atoms with van der Waals surface area (Å²) in [4.78, 5) is 11.6. The summed E-state index contributed by atoms with van der Waals surface area (Å²) in [5, 5.41) is 17.7. The van der Waals surface area contributed by atoms with Gasteiger partial charge in [-0.15, -0.1) is 0 Å². The fraction of sp³-hybridized carbons (Fsp3) is 0.462. The van der Waals surface area contributed by atoms with E-state index in [1.54, 1.807) is 6.07 Å². The maximum Gasteiger partial charge on any atom is 0.338 e. The zero-order valence-corrected chi connectivity index (χ0v) is 10.8. The van der Waals surface area contributed by atoms with Gasteiger partial charge in [-0.2, -0.15) is 0 Å². The molecule has 0 fully saturated rings. The number of aliphatic hydroxyl groups excluding tert-OH is 2. The molecule has 0 aromatic heterocycles. The van der Waals surface area contributed by atoms with E-state index in [2.05, 4.69) is 0 Å². The van der Waals surface area contributed by atoms with Crippen molar-refractivity contribution in [3.05, 3.63) is 23.8 Å². The van der Waals surface area contributed by atoms with Crippen molar-refractivity contribution in [3.8, 4) is 5.75 Å². The lowest BCUT2D eigenvalue weighted by molar-refractivity contribution is 0.00933. The van der Waals surface area contributed by atoms with Gasteiger partial charge in [-0.3, -0.25) is 0 Å². The first-order valence-corrected chi connectivity index (χ1v) is 6.06. The third kappa shape index (κ3) is 4.76. The Bertz CT molecular complexity index is 421. The quantitative estimate of drug-likeness (QED) is 0.494. The van der Waals surface area contributed by atoms with E-state index in [1.807, 2.05) is 6.92 Å². The minimum Gasteiger partial charge on any atom is -0.491 e. The Balaban J connectivity index is 2.63. The van der Waals surface area contributed by atoms with E-state index in [-0.39, 0.29) is 12.2 Å². The van der Waals surface area contributed by atoms with Gasteiger partial charge in [0.2, 0.25) is 0 Å². The largest absolute Gasteiger partial charge is 0.491 e. The number of rotatable bonds is 7. The van der Waals surface area contributed by atoms with Crippen LogP contribution in [-0.4, -0.2) is 42.1 Å². The van der Waals surface area contributed by atoms with Crippen LogP contribution < -0.4 is 10.5 Å². The molecule has 19 heavy (non-hydrogen) atoms. The highest BCUT2D eigenvalue weighted by atomic mass is 16.5. The lowest BCUT2D eigenvalue weighted by Gasteiger charge is -2.11. The van der Waals surface area contributed by atoms with Gasteiger partial charge in [0, 0.05) is 0 Å². The number of carbonyl (C=O) groups is 1. The highest BCUT2D eigenvalue weighted by Gasteiger charge is 2.12. The average molecular weight is 269 g/mol. The van der Waals surface area contributed by atoms with E-state index >= 15 is 0 Å². The second kappa shape index (κ2) is 7.60. The summed E-state index contributed by atoms with van der Waals surface area (Å²) in [5.74, 6) is -0.0879. The van der Waals surface area contributed by atoms with Crippen LogP contribution in [0, 0.1) is 0 Å². The van der Waals surface area contributed by atoms with Gasteiger partial charge in [0.05, 0.1) is 24.5 Å². The van der Waals surface area contributed by atoms with Crippen LogP contribution in [0.2, 0.25) is 0 Å². The Labute approximate surface area is 111 Å². The molecule has 0 aliphatic rings. The van der Waals surface area contributed by atoms with Gasteiger partial charge in [0.1, 0.15) is 18.5 Å². The van der Waals surface area contributed by atoms with Crippen molar-refractivity contribution in [3.63, 3.8) is 0 Å². The number of hydrogen-bond acceptors (Lipinski definition) is 6. The van der Waals surface area contributed by atoms with E-state index in [0.717, 1.165) is 6.42 Å². The highest BCUT2D eigenvalue weighted by molar-refractivity contribution is 5.91.